The molecule has 0 saturated heterocycles. The maximum Gasteiger partial charge on any atom is 0.339 e. The van der Waals surface area contributed by atoms with Gasteiger partial charge in [0.1, 0.15) is 11.3 Å². The summed E-state index contributed by atoms with van der Waals surface area (Å²) >= 11 is 2.03. The predicted molar refractivity (Wildman–Crippen MR) is 52.5 cm³/mol. The standard InChI is InChI=1S/C8H7IO3/c1-4-2-7(10)5(8(11)12)3-6(4)9/h2-3,10H,1H3,(H,11,12). The lowest BCUT2D eigenvalue weighted by Crippen LogP contribution is -1.98. The maximum absolute atomic E-state index is 10.5. The molecule has 0 atom stereocenters. The molecule has 0 aliphatic carbocycles. The van der Waals surface area contributed by atoms with Crippen LogP contribution < -0.4 is 0 Å². The molecule has 12 heavy (non-hydrogen) atoms. The summed E-state index contributed by atoms with van der Waals surface area (Å²) in [5.41, 5.74) is 0.822. The van der Waals surface area contributed by atoms with Gasteiger partial charge in [0, 0.05) is 3.57 Å². The van der Waals surface area contributed by atoms with Crippen LogP contribution in [0.4, 0.5) is 0 Å². The van der Waals surface area contributed by atoms with Crippen LogP contribution in [0.2, 0.25) is 0 Å². The van der Waals surface area contributed by atoms with Crippen LogP contribution in [0.15, 0.2) is 12.1 Å². The van der Waals surface area contributed by atoms with Crippen LogP contribution in [0.25, 0.3) is 0 Å². The maximum atomic E-state index is 10.5. The Morgan fingerprint density at radius 2 is 2.08 bits per heavy atom. The third-order valence-electron chi connectivity index (χ3n) is 1.51. The highest BCUT2D eigenvalue weighted by atomic mass is 127. The molecule has 0 heterocycles. The topological polar surface area (TPSA) is 57.5 Å². The van der Waals surface area contributed by atoms with Crippen LogP contribution in [0.3, 0.4) is 0 Å². The van der Waals surface area contributed by atoms with Crippen molar-refractivity contribution in [1.82, 2.24) is 0 Å². The zero-order valence-electron chi connectivity index (χ0n) is 6.34. The Bertz CT molecular complexity index is 333. The molecule has 0 unspecified atom stereocenters. The van der Waals surface area contributed by atoms with Crippen LogP contribution >= 0.6 is 22.6 Å². The van der Waals surface area contributed by atoms with Gasteiger partial charge in [-0.2, -0.15) is 0 Å². The Morgan fingerprint density at radius 1 is 1.50 bits per heavy atom. The van der Waals surface area contributed by atoms with Gasteiger partial charge in [-0.15, -0.1) is 0 Å². The molecule has 1 aromatic carbocycles. The molecule has 0 spiro atoms. The molecule has 0 aliphatic rings. The number of aryl methyl sites for hydroxylation is 1. The number of hydrogen-bond donors (Lipinski definition) is 2. The molecule has 0 bridgehead atoms. The van der Waals surface area contributed by atoms with Crippen molar-refractivity contribution >= 4 is 28.6 Å². The minimum atomic E-state index is -1.11. The molecule has 3 nitrogen and oxygen atoms in total. The first-order valence-electron chi connectivity index (χ1n) is 3.25. The molecule has 2 N–H and O–H groups in total. The Hall–Kier alpha value is -0.780. The fourth-order valence-corrected chi connectivity index (χ4v) is 1.30. The first kappa shape index (κ1) is 9.31. The van der Waals surface area contributed by atoms with Gasteiger partial charge in [0.25, 0.3) is 0 Å². The zero-order chi connectivity index (χ0) is 9.30. The molecule has 4 heteroatoms. The van der Waals surface area contributed by atoms with Crippen molar-refractivity contribution in [3.8, 4) is 5.75 Å². The molecule has 0 saturated carbocycles. The van der Waals surface area contributed by atoms with E-state index in [9.17, 15) is 9.90 Å². The second kappa shape index (κ2) is 3.30. The van der Waals surface area contributed by atoms with Gasteiger partial charge < -0.3 is 10.2 Å². The number of aromatic hydroxyl groups is 1. The smallest absolute Gasteiger partial charge is 0.339 e. The highest BCUT2D eigenvalue weighted by molar-refractivity contribution is 14.1. The normalized spacial score (nSPS) is 9.83. The average Bonchev–Trinajstić information content (AvgIpc) is 1.96. The summed E-state index contributed by atoms with van der Waals surface area (Å²) in [5.74, 6) is -1.29. The summed E-state index contributed by atoms with van der Waals surface area (Å²) in [6.07, 6.45) is 0. The van der Waals surface area contributed by atoms with E-state index >= 15 is 0 Å². The molecule has 1 rings (SSSR count). The molecule has 0 radical (unpaired) electrons. The van der Waals surface area contributed by atoms with Gasteiger partial charge >= 0.3 is 5.97 Å². The first-order chi connectivity index (χ1) is 5.52. The molecular formula is C8H7IO3. The van der Waals surface area contributed by atoms with Crippen molar-refractivity contribution in [2.75, 3.05) is 0 Å². The number of phenols is 1. The highest BCUT2D eigenvalue weighted by Crippen LogP contribution is 2.23. The molecule has 1 aromatic rings. The number of carbonyl (C=O) groups is 1. The van der Waals surface area contributed by atoms with Crippen LogP contribution in [0.5, 0.6) is 5.75 Å². The van der Waals surface area contributed by atoms with Crippen LogP contribution in [0.1, 0.15) is 15.9 Å². The van der Waals surface area contributed by atoms with Gasteiger partial charge in [0.15, 0.2) is 0 Å². The number of halogens is 1. The van der Waals surface area contributed by atoms with E-state index in [1.807, 2.05) is 29.5 Å². The molecule has 64 valence electrons. The van der Waals surface area contributed by atoms with Crippen molar-refractivity contribution < 1.29 is 15.0 Å². The highest BCUT2D eigenvalue weighted by Gasteiger charge is 2.10. The first-order valence-corrected chi connectivity index (χ1v) is 4.32. The number of hydrogen-bond acceptors (Lipinski definition) is 2. The van der Waals surface area contributed by atoms with Gasteiger partial charge in [0.05, 0.1) is 0 Å². The van der Waals surface area contributed by atoms with Crippen LogP contribution in [-0.2, 0) is 0 Å². The minimum absolute atomic E-state index is 0.0509. The molecule has 0 aromatic heterocycles. The lowest BCUT2D eigenvalue weighted by atomic mass is 10.1. The predicted octanol–water partition coefficient (Wildman–Crippen LogP) is 2.00. The lowest BCUT2D eigenvalue weighted by molar-refractivity contribution is 0.0693. The van der Waals surface area contributed by atoms with E-state index in [2.05, 4.69) is 0 Å². The molecule has 0 amide bonds. The van der Waals surface area contributed by atoms with Crippen LogP contribution in [0, 0.1) is 10.5 Å². The summed E-state index contributed by atoms with van der Waals surface area (Å²) in [7, 11) is 0. The molecule has 0 aliphatic heterocycles. The zero-order valence-corrected chi connectivity index (χ0v) is 8.49. The summed E-state index contributed by atoms with van der Waals surface area (Å²) in [5, 5.41) is 17.8. The third-order valence-corrected chi connectivity index (χ3v) is 2.67. The van der Waals surface area contributed by atoms with E-state index in [0.717, 1.165) is 9.13 Å². The van der Waals surface area contributed by atoms with E-state index in [4.69, 9.17) is 5.11 Å². The van der Waals surface area contributed by atoms with Gasteiger partial charge in [-0.25, -0.2) is 4.79 Å². The van der Waals surface area contributed by atoms with Crippen LogP contribution in [-0.4, -0.2) is 16.2 Å². The van der Waals surface area contributed by atoms with Crippen molar-refractivity contribution in [3.63, 3.8) is 0 Å². The average molecular weight is 278 g/mol. The van der Waals surface area contributed by atoms with Gasteiger partial charge in [0.2, 0.25) is 0 Å². The fourth-order valence-electron chi connectivity index (χ4n) is 0.838. The van der Waals surface area contributed by atoms with Crippen molar-refractivity contribution in [1.29, 1.82) is 0 Å². The van der Waals surface area contributed by atoms with Crippen molar-refractivity contribution in [3.05, 3.63) is 26.8 Å². The Balaban J connectivity index is 3.33. The van der Waals surface area contributed by atoms with E-state index in [1.54, 1.807) is 0 Å². The second-order valence-electron chi connectivity index (χ2n) is 2.42. The second-order valence-corrected chi connectivity index (χ2v) is 3.59. The Kier molecular flexibility index (Phi) is 2.56. The number of rotatable bonds is 1. The SMILES string of the molecule is Cc1cc(O)c(C(=O)O)cc1I. The molecule has 0 fully saturated rings. The Morgan fingerprint density at radius 3 is 2.58 bits per heavy atom. The monoisotopic (exact) mass is 278 g/mol. The largest absolute Gasteiger partial charge is 0.507 e. The number of aromatic carboxylic acids is 1. The summed E-state index contributed by atoms with van der Waals surface area (Å²) in [6.45, 7) is 1.81. The third kappa shape index (κ3) is 1.69. The van der Waals surface area contributed by atoms with Gasteiger partial charge in [-0.1, -0.05) is 0 Å². The minimum Gasteiger partial charge on any atom is -0.507 e. The molecular weight excluding hydrogens is 271 g/mol. The van der Waals surface area contributed by atoms with Crippen molar-refractivity contribution in [2.24, 2.45) is 0 Å². The summed E-state index contributed by atoms with van der Waals surface area (Å²) in [6, 6.07) is 2.90. The van der Waals surface area contributed by atoms with Gasteiger partial charge in [-0.3, -0.25) is 0 Å². The van der Waals surface area contributed by atoms with Gasteiger partial charge in [-0.05, 0) is 47.2 Å². The van der Waals surface area contributed by atoms with E-state index in [1.165, 1.54) is 12.1 Å². The lowest BCUT2D eigenvalue weighted by Gasteiger charge is -2.02. The summed E-state index contributed by atoms with van der Waals surface area (Å²) < 4.78 is 0.836. The van der Waals surface area contributed by atoms with E-state index in [-0.39, 0.29) is 11.3 Å². The quantitative estimate of drug-likeness (QED) is 0.772. The van der Waals surface area contributed by atoms with E-state index in [0.29, 0.717) is 0 Å². The number of carboxylic acid groups (broad SMARTS) is 1. The fraction of sp³-hybridized carbons (Fsp3) is 0.125. The van der Waals surface area contributed by atoms with E-state index < -0.39 is 5.97 Å². The Labute approximate surface area is 83.2 Å². The number of carboxylic acids is 1. The van der Waals surface area contributed by atoms with Crippen molar-refractivity contribution in [2.45, 2.75) is 6.92 Å². The number of benzene rings is 1. The summed E-state index contributed by atoms with van der Waals surface area (Å²) in [4.78, 5) is 10.5.